The monoisotopic (exact) mass is 376 g/mol. The maximum Gasteiger partial charge on any atom is 0.433 e. The van der Waals surface area contributed by atoms with Gasteiger partial charge in [0.2, 0.25) is 0 Å². The van der Waals surface area contributed by atoms with E-state index >= 15 is 0 Å². The summed E-state index contributed by atoms with van der Waals surface area (Å²) in [5, 5.41) is 5.64. The van der Waals surface area contributed by atoms with Crippen LogP contribution in [-0.4, -0.2) is 38.5 Å². The van der Waals surface area contributed by atoms with E-state index in [4.69, 9.17) is 0 Å². The smallest absolute Gasteiger partial charge is 0.368 e. The number of aromatic nitrogens is 4. The van der Waals surface area contributed by atoms with Crippen LogP contribution in [0, 0.1) is 0 Å². The SMILES string of the molecule is O=C(NCCNc1cc(-n2cccc2)ncn1)c1ccc(C(F)(F)F)nc1. The van der Waals surface area contributed by atoms with E-state index in [2.05, 4.69) is 25.6 Å². The molecule has 0 aromatic carbocycles. The van der Waals surface area contributed by atoms with E-state index in [1.165, 1.54) is 6.33 Å². The maximum atomic E-state index is 12.5. The first kappa shape index (κ1) is 18.4. The van der Waals surface area contributed by atoms with Gasteiger partial charge >= 0.3 is 6.18 Å². The zero-order valence-electron chi connectivity index (χ0n) is 13.9. The summed E-state index contributed by atoms with van der Waals surface area (Å²) in [6.45, 7) is 0.630. The maximum absolute atomic E-state index is 12.5. The number of nitrogens with one attached hydrogen (secondary N) is 2. The minimum Gasteiger partial charge on any atom is -0.368 e. The fraction of sp³-hybridized carbons (Fsp3) is 0.176. The van der Waals surface area contributed by atoms with Crippen LogP contribution in [0.15, 0.2) is 55.2 Å². The average molecular weight is 376 g/mol. The van der Waals surface area contributed by atoms with E-state index in [-0.39, 0.29) is 12.1 Å². The van der Waals surface area contributed by atoms with Gasteiger partial charge < -0.3 is 15.2 Å². The summed E-state index contributed by atoms with van der Waals surface area (Å²) in [5.74, 6) is 0.769. The lowest BCUT2D eigenvalue weighted by atomic mass is 10.2. The van der Waals surface area contributed by atoms with Crippen molar-refractivity contribution >= 4 is 11.7 Å². The Kier molecular flexibility index (Phi) is 5.34. The molecule has 140 valence electrons. The standard InChI is InChI=1S/C17H15F3N6O/c18-17(19,20)13-4-3-12(10-23-13)16(27)22-6-5-21-14-9-15(25-11-24-14)26-7-1-2-8-26/h1-4,7-11H,5-6H2,(H,22,27)(H,21,24,25). The van der Waals surface area contributed by atoms with Crippen molar-refractivity contribution in [2.75, 3.05) is 18.4 Å². The summed E-state index contributed by atoms with van der Waals surface area (Å²) in [6.07, 6.45) is 1.49. The lowest BCUT2D eigenvalue weighted by molar-refractivity contribution is -0.141. The van der Waals surface area contributed by atoms with Gasteiger partial charge in [-0.1, -0.05) is 0 Å². The first-order valence-electron chi connectivity index (χ1n) is 7.94. The molecule has 1 amide bonds. The van der Waals surface area contributed by atoms with Crippen LogP contribution in [0.1, 0.15) is 16.1 Å². The highest BCUT2D eigenvalue weighted by Crippen LogP contribution is 2.27. The molecule has 27 heavy (non-hydrogen) atoms. The van der Waals surface area contributed by atoms with Crippen LogP contribution in [0.25, 0.3) is 5.82 Å². The first-order chi connectivity index (χ1) is 12.9. The van der Waals surface area contributed by atoms with Crippen LogP contribution in [0.3, 0.4) is 0 Å². The highest BCUT2D eigenvalue weighted by atomic mass is 19.4. The molecule has 0 atom stereocenters. The van der Waals surface area contributed by atoms with Gasteiger partial charge in [-0.05, 0) is 24.3 Å². The fourth-order valence-electron chi connectivity index (χ4n) is 2.24. The molecule has 0 bridgehead atoms. The molecular formula is C17H15F3N6O. The third-order valence-electron chi connectivity index (χ3n) is 3.55. The van der Waals surface area contributed by atoms with Crippen molar-refractivity contribution < 1.29 is 18.0 Å². The molecule has 0 saturated carbocycles. The Hall–Kier alpha value is -3.43. The summed E-state index contributed by atoms with van der Waals surface area (Å²) in [6, 6.07) is 7.37. The number of pyridine rings is 1. The molecule has 2 N–H and O–H groups in total. The van der Waals surface area contributed by atoms with Gasteiger partial charge in [0.1, 0.15) is 23.7 Å². The van der Waals surface area contributed by atoms with Crippen molar-refractivity contribution in [1.82, 2.24) is 24.8 Å². The largest absolute Gasteiger partial charge is 0.433 e. The van der Waals surface area contributed by atoms with Crippen LogP contribution < -0.4 is 10.6 Å². The third-order valence-corrected chi connectivity index (χ3v) is 3.55. The number of alkyl halides is 3. The number of hydrogen-bond donors (Lipinski definition) is 2. The second-order valence-electron chi connectivity index (χ2n) is 5.46. The first-order valence-corrected chi connectivity index (χ1v) is 7.94. The third kappa shape index (κ3) is 4.81. The second-order valence-corrected chi connectivity index (χ2v) is 5.46. The number of anilines is 1. The molecule has 3 aromatic rings. The molecule has 0 spiro atoms. The van der Waals surface area contributed by atoms with Crippen LogP contribution in [0.4, 0.5) is 19.0 Å². The number of nitrogens with zero attached hydrogens (tertiary/aromatic N) is 4. The molecule has 3 rings (SSSR count). The van der Waals surface area contributed by atoms with Crippen LogP contribution in [0.5, 0.6) is 0 Å². The zero-order chi connectivity index (χ0) is 19.3. The molecular weight excluding hydrogens is 361 g/mol. The number of carbonyl (C=O) groups is 1. The Bertz CT molecular complexity index is 894. The predicted molar refractivity (Wildman–Crippen MR) is 91.4 cm³/mol. The predicted octanol–water partition coefficient (Wildman–Crippen LogP) is 2.52. The van der Waals surface area contributed by atoms with Crippen molar-refractivity contribution in [3.63, 3.8) is 0 Å². The fourth-order valence-corrected chi connectivity index (χ4v) is 2.24. The molecule has 7 nitrogen and oxygen atoms in total. The number of rotatable bonds is 6. The zero-order valence-corrected chi connectivity index (χ0v) is 13.9. The van der Waals surface area contributed by atoms with Gasteiger partial charge in [0.15, 0.2) is 0 Å². The molecule has 3 aromatic heterocycles. The topological polar surface area (TPSA) is 84.7 Å². The van der Waals surface area contributed by atoms with Crippen LogP contribution in [0.2, 0.25) is 0 Å². The number of carbonyl (C=O) groups excluding carboxylic acids is 1. The Balaban J connectivity index is 1.49. The van der Waals surface area contributed by atoms with Gasteiger partial charge in [-0.3, -0.25) is 9.78 Å². The quantitative estimate of drug-likeness (QED) is 0.646. The Morgan fingerprint density at radius 2 is 1.85 bits per heavy atom. The summed E-state index contributed by atoms with van der Waals surface area (Å²) in [7, 11) is 0. The Morgan fingerprint density at radius 1 is 1.07 bits per heavy atom. The van der Waals surface area contributed by atoms with Gasteiger partial charge in [-0.15, -0.1) is 0 Å². The highest BCUT2D eigenvalue weighted by Gasteiger charge is 2.32. The lowest BCUT2D eigenvalue weighted by Crippen LogP contribution is -2.29. The van der Waals surface area contributed by atoms with E-state index in [0.29, 0.717) is 18.2 Å². The molecule has 10 heteroatoms. The van der Waals surface area contributed by atoms with Gasteiger partial charge in [-0.25, -0.2) is 9.97 Å². The van der Waals surface area contributed by atoms with E-state index in [1.807, 2.05) is 29.1 Å². The molecule has 0 aliphatic carbocycles. The number of halogens is 3. The van der Waals surface area contributed by atoms with Crippen molar-refractivity contribution in [3.8, 4) is 5.82 Å². The van der Waals surface area contributed by atoms with E-state index < -0.39 is 17.8 Å². The van der Waals surface area contributed by atoms with E-state index in [1.54, 1.807) is 6.07 Å². The van der Waals surface area contributed by atoms with Crippen molar-refractivity contribution in [1.29, 1.82) is 0 Å². The van der Waals surface area contributed by atoms with Crippen molar-refractivity contribution in [2.24, 2.45) is 0 Å². The summed E-state index contributed by atoms with van der Waals surface area (Å²) < 4.78 is 39.2. The highest BCUT2D eigenvalue weighted by molar-refractivity contribution is 5.93. The summed E-state index contributed by atoms with van der Waals surface area (Å²) in [5.41, 5.74) is -0.983. The minimum atomic E-state index is -4.53. The van der Waals surface area contributed by atoms with Crippen molar-refractivity contribution in [3.05, 3.63) is 66.5 Å². The molecule has 0 saturated heterocycles. The summed E-state index contributed by atoms with van der Waals surface area (Å²) >= 11 is 0. The summed E-state index contributed by atoms with van der Waals surface area (Å²) in [4.78, 5) is 23.4. The van der Waals surface area contributed by atoms with Crippen molar-refractivity contribution in [2.45, 2.75) is 6.18 Å². The van der Waals surface area contributed by atoms with Crippen LogP contribution >= 0.6 is 0 Å². The lowest BCUT2D eigenvalue weighted by Gasteiger charge is -2.09. The normalized spacial score (nSPS) is 11.2. The molecule has 0 aliphatic heterocycles. The van der Waals surface area contributed by atoms with Gasteiger partial charge in [0.05, 0.1) is 5.56 Å². The Morgan fingerprint density at radius 3 is 2.52 bits per heavy atom. The molecule has 3 heterocycles. The average Bonchev–Trinajstić information content (AvgIpc) is 3.19. The molecule has 0 unspecified atom stereocenters. The van der Waals surface area contributed by atoms with Gasteiger partial charge in [-0.2, -0.15) is 13.2 Å². The molecule has 0 aliphatic rings. The molecule has 0 fully saturated rings. The van der Waals surface area contributed by atoms with Crippen LogP contribution in [-0.2, 0) is 6.18 Å². The number of hydrogen-bond acceptors (Lipinski definition) is 5. The number of amides is 1. The second kappa shape index (κ2) is 7.85. The van der Waals surface area contributed by atoms with Gasteiger partial charge in [0, 0.05) is 37.7 Å². The molecule has 0 radical (unpaired) electrons. The van der Waals surface area contributed by atoms with Gasteiger partial charge in [0.25, 0.3) is 5.91 Å². The van der Waals surface area contributed by atoms with E-state index in [9.17, 15) is 18.0 Å². The Labute approximate surface area is 152 Å². The van der Waals surface area contributed by atoms with E-state index in [0.717, 1.165) is 18.3 Å². The minimum absolute atomic E-state index is 0.0555.